The van der Waals surface area contributed by atoms with Gasteiger partial charge in [-0.1, -0.05) is 36.4 Å². The van der Waals surface area contributed by atoms with E-state index in [4.69, 9.17) is 21.2 Å². The van der Waals surface area contributed by atoms with E-state index in [0.29, 0.717) is 43.3 Å². The van der Waals surface area contributed by atoms with E-state index in [-0.39, 0.29) is 12.3 Å². The fourth-order valence-electron chi connectivity index (χ4n) is 4.19. The molecule has 1 amide bonds. The van der Waals surface area contributed by atoms with Gasteiger partial charge < -0.3 is 25.9 Å². The smallest absolute Gasteiger partial charge is 0.221 e. The number of nitrogens with zero attached hydrogens (tertiary/aromatic N) is 3. The lowest BCUT2D eigenvalue weighted by Crippen LogP contribution is -2.27. The average Bonchev–Trinajstić information content (AvgIpc) is 3.10. The molecule has 0 aliphatic rings. The number of hydrogen-bond donors (Lipinski definition) is 3. The van der Waals surface area contributed by atoms with Crippen molar-refractivity contribution in [3.8, 4) is 0 Å². The van der Waals surface area contributed by atoms with Crippen molar-refractivity contribution in [2.45, 2.75) is 52.4 Å². The van der Waals surface area contributed by atoms with Crippen LogP contribution in [0.3, 0.4) is 0 Å². The molecule has 2 aromatic heterocycles. The van der Waals surface area contributed by atoms with Crippen LogP contribution in [0.1, 0.15) is 43.3 Å². The highest BCUT2D eigenvalue weighted by Crippen LogP contribution is 2.31. The summed E-state index contributed by atoms with van der Waals surface area (Å²) >= 11 is 0. The Bertz CT molecular complexity index is 1340. The standard InChI is InChI=1S/C26H31N5O3/c1-4-34-14-22-30-23-24(31(22)15-26(2,3)33)19-10-9-18(12-20(19)29-25(23)28)11-16-5-7-17(8-6-16)13-21(27)32/h5-10,12,33H,4,11,13-15H2,1-3H3,(H2,27,32)(H2,28,29). The third-order valence-corrected chi connectivity index (χ3v) is 5.64. The molecular formula is C26H31N5O3. The van der Waals surface area contributed by atoms with Crippen LogP contribution in [0.4, 0.5) is 5.82 Å². The number of aromatic nitrogens is 3. The Hall–Kier alpha value is -3.49. The van der Waals surface area contributed by atoms with Gasteiger partial charge in [0.05, 0.1) is 29.6 Å². The fraction of sp³-hybridized carbons (Fsp3) is 0.346. The zero-order valence-corrected chi connectivity index (χ0v) is 19.8. The summed E-state index contributed by atoms with van der Waals surface area (Å²) < 4.78 is 7.61. The topological polar surface area (TPSA) is 129 Å². The maximum absolute atomic E-state index is 11.1. The Balaban J connectivity index is 1.75. The minimum absolute atomic E-state index is 0.235. The van der Waals surface area contributed by atoms with E-state index in [0.717, 1.165) is 33.1 Å². The molecule has 0 fully saturated rings. The van der Waals surface area contributed by atoms with Crippen molar-refractivity contribution >= 4 is 33.7 Å². The molecule has 2 aromatic carbocycles. The van der Waals surface area contributed by atoms with Gasteiger partial charge in [-0.2, -0.15) is 0 Å². The van der Waals surface area contributed by atoms with E-state index in [1.165, 1.54) is 0 Å². The Morgan fingerprint density at radius 3 is 2.41 bits per heavy atom. The van der Waals surface area contributed by atoms with Crippen LogP contribution in [0, 0.1) is 0 Å². The van der Waals surface area contributed by atoms with Gasteiger partial charge in [0, 0.05) is 12.0 Å². The first kappa shape index (κ1) is 23.7. The largest absolute Gasteiger partial charge is 0.389 e. The third kappa shape index (κ3) is 5.18. The molecule has 178 valence electrons. The van der Waals surface area contributed by atoms with Gasteiger partial charge in [0.15, 0.2) is 5.82 Å². The summed E-state index contributed by atoms with van der Waals surface area (Å²) in [6, 6.07) is 14.0. The number of carbonyl (C=O) groups is 1. The number of imidazole rings is 1. The Kier molecular flexibility index (Phi) is 6.54. The van der Waals surface area contributed by atoms with E-state index in [2.05, 4.69) is 11.1 Å². The van der Waals surface area contributed by atoms with E-state index in [9.17, 15) is 9.90 Å². The summed E-state index contributed by atoms with van der Waals surface area (Å²) in [6.45, 7) is 6.70. The lowest BCUT2D eigenvalue weighted by Gasteiger charge is -2.20. The molecule has 0 saturated heterocycles. The van der Waals surface area contributed by atoms with Crippen LogP contribution >= 0.6 is 0 Å². The van der Waals surface area contributed by atoms with Crippen molar-refractivity contribution in [2.24, 2.45) is 5.73 Å². The zero-order valence-electron chi connectivity index (χ0n) is 19.8. The molecule has 34 heavy (non-hydrogen) atoms. The number of aliphatic hydroxyl groups is 1. The number of fused-ring (bicyclic) bond motifs is 3. The Morgan fingerprint density at radius 2 is 1.76 bits per heavy atom. The number of ether oxygens (including phenoxy) is 1. The molecule has 0 bridgehead atoms. The van der Waals surface area contributed by atoms with Crippen LogP contribution in [0.2, 0.25) is 0 Å². The van der Waals surface area contributed by atoms with Crippen molar-refractivity contribution in [3.63, 3.8) is 0 Å². The molecule has 4 aromatic rings. The van der Waals surface area contributed by atoms with Crippen LogP contribution in [0.15, 0.2) is 42.5 Å². The van der Waals surface area contributed by atoms with Gasteiger partial charge in [-0.25, -0.2) is 9.97 Å². The molecule has 0 unspecified atom stereocenters. The summed E-state index contributed by atoms with van der Waals surface area (Å²) in [5.41, 5.74) is 16.0. The first-order chi connectivity index (χ1) is 16.1. The number of primary amides is 1. The number of rotatable bonds is 9. The Morgan fingerprint density at radius 1 is 1.09 bits per heavy atom. The Labute approximate surface area is 198 Å². The summed E-state index contributed by atoms with van der Waals surface area (Å²) in [7, 11) is 0. The first-order valence-electron chi connectivity index (χ1n) is 11.4. The molecule has 0 radical (unpaired) electrons. The molecule has 0 aliphatic carbocycles. The molecule has 5 N–H and O–H groups in total. The lowest BCUT2D eigenvalue weighted by atomic mass is 10.0. The summed E-state index contributed by atoms with van der Waals surface area (Å²) in [5.74, 6) is 0.716. The van der Waals surface area contributed by atoms with Crippen molar-refractivity contribution in [1.82, 2.24) is 14.5 Å². The zero-order chi connectivity index (χ0) is 24.5. The predicted molar refractivity (Wildman–Crippen MR) is 133 cm³/mol. The molecule has 0 spiro atoms. The molecule has 8 nitrogen and oxygen atoms in total. The van der Waals surface area contributed by atoms with Crippen LogP contribution in [0.25, 0.3) is 21.9 Å². The van der Waals surface area contributed by atoms with Crippen LogP contribution in [-0.4, -0.2) is 37.8 Å². The highest BCUT2D eigenvalue weighted by molar-refractivity contribution is 6.06. The van der Waals surface area contributed by atoms with E-state index < -0.39 is 5.60 Å². The molecule has 0 saturated carbocycles. The maximum atomic E-state index is 11.1. The minimum Gasteiger partial charge on any atom is -0.389 e. The first-order valence-corrected chi connectivity index (χ1v) is 11.4. The fourth-order valence-corrected chi connectivity index (χ4v) is 4.19. The second-order valence-electron chi connectivity index (χ2n) is 9.25. The summed E-state index contributed by atoms with van der Waals surface area (Å²) in [5, 5.41) is 11.5. The van der Waals surface area contributed by atoms with E-state index in [1.807, 2.05) is 47.9 Å². The number of pyridine rings is 1. The van der Waals surface area contributed by atoms with Crippen molar-refractivity contribution in [3.05, 3.63) is 65.0 Å². The van der Waals surface area contributed by atoms with Crippen molar-refractivity contribution in [1.29, 1.82) is 0 Å². The number of carbonyl (C=O) groups excluding carboxylic acids is 1. The van der Waals surface area contributed by atoms with Crippen molar-refractivity contribution in [2.75, 3.05) is 12.3 Å². The average molecular weight is 462 g/mol. The van der Waals surface area contributed by atoms with Crippen LogP contribution < -0.4 is 11.5 Å². The normalized spacial score (nSPS) is 12.0. The predicted octanol–water partition coefficient (Wildman–Crippen LogP) is 3.09. The summed E-state index contributed by atoms with van der Waals surface area (Å²) in [4.78, 5) is 20.5. The molecule has 0 atom stereocenters. The molecule has 4 rings (SSSR count). The number of amides is 1. The number of hydrogen-bond acceptors (Lipinski definition) is 6. The van der Waals surface area contributed by atoms with Gasteiger partial charge in [0.2, 0.25) is 5.91 Å². The van der Waals surface area contributed by atoms with E-state index >= 15 is 0 Å². The second kappa shape index (κ2) is 9.40. The van der Waals surface area contributed by atoms with Crippen LogP contribution in [-0.2, 0) is 35.5 Å². The molecular weight excluding hydrogens is 430 g/mol. The van der Waals surface area contributed by atoms with Gasteiger partial charge in [-0.15, -0.1) is 0 Å². The quantitative estimate of drug-likeness (QED) is 0.351. The maximum Gasteiger partial charge on any atom is 0.221 e. The number of benzene rings is 2. The van der Waals surface area contributed by atoms with Gasteiger partial charge in [0.25, 0.3) is 0 Å². The second-order valence-corrected chi connectivity index (χ2v) is 9.25. The number of nitrogens with two attached hydrogens (primary N) is 2. The van der Waals surface area contributed by atoms with Gasteiger partial charge in [-0.05, 0) is 49.9 Å². The molecule has 8 heteroatoms. The highest BCUT2D eigenvalue weighted by atomic mass is 16.5. The number of anilines is 1. The third-order valence-electron chi connectivity index (χ3n) is 5.64. The molecule has 2 heterocycles. The summed E-state index contributed by atoms with van der Waals surface area (Å²) in [6.07, 6.45) is 0.948. The lowest BCUT2D eigenvalue weighted by molar-refractivity contribution is -0.117. The monoisotopic (exact) mass is 461 g/mol. The van der Waals surface area contributed by atoms with E-state index in [1.54, 1.807) is 13.8 Å². The van der Waals surface area contributed by atoms with Gasteiger partial charge in [0.1, 0.15) is 17.9 Å². The van der Waals surface area contributed by atoms with Crippen molar-refractivity contribution < 1.29 is 14.6 Å². The van der Waals surface area contributed by atoms with Gasteiger partial charge in [-0.3, -0.25) is 4.79 Å². The van der Waals surface area contributed by atoms with Gasteiger partial charge >= 0.3 is 0 Å². The SMILES string of the molecule is CCOCc1nc2c(N)nc3cc(Cc4ccc(CC(N)=O)cc4)ccc3c2n1CC(C)(C)O. The number of nitrogen functional groups attached to an aromatic ring is 1. The highest BCUT2D eigenvalue weighted by Gasteiger charge is 2.22. The van der Waals surface area contributed by atoms with Crippen LogP contribution in [0.5, 0.6) is 0 Å². The minimum atomic E-state index is -0.945. The molecule has 0 aliphatic heterocycles.